The van der Waals surface area contributed by atoms with Gasteiger partial charge in [-0.05, 0) is 43.9 Å². The van der Waals surface area contributed by atoms with Crippen LogP contribution in [0.25, 0.3) is 0 Å². The van der Waals surface area contributed by atoms with Crippen LogP contribution in [0.1, 0.15) is 71.1 Å². The smallest absolute Gasteiger partial charge is 0.303 e. The number of hydrogen-bond donors (Lipinski definition) is 1. The number of carboxylic acid groups (broad SMARTS) is 1. The Labute approximate surface area is 144 Å². The highest BCUT2D eigenvalue weighted by Crippen LogP contribution is 2.48. The SMILES string of the molecule is CCCC[C@H]1C(=O)CC[C@@H]2[C@@H]1CC(=O)[C@H]2C/C=C/CCCC(=O)O. The van der Waals surface area contributed by atoms with Crippen LogP contribution < -0.4 is 0 Å². The van der Waals surface area contributed by atoms with Gasteiger partial charge in [0.05, 0.1) is 0 Å². The van der Waals surface area contributed by atoms with Gasteiger partial charge in [0.1, 0.15) is 11.6 Å². The number of unbranched alkanes of at least 4 members (excludes halogenated alkanes) is 2. The number of rotatable bonds is 9. The summed E-state index contributed by atoms with van der Waals surface area (Å²) in [6, 6.07) is 0. The molecule has 4 heteroatoms. The van der Waals surface area contributed by atoms with Crippen molar-refractivity contribution < 1.29 is 19.5 Å². The summed E-state index contributed by atoms with van der Waals surface area (Å²) in [6.45, 7) is 2.14. The van der Waals surface area contributed by atoms with Gasteiger partial charge in [-0.25, -0.2) is 0 Å². The number of allylic oxidation sites excluding steroid dienone is 2. The van der Waals surface area contributed by atoms with Gasteiger partial charge in [-0.3, -0.25) is 14.4 Å². The second kappa shape index (κ2) is 9.14. The predicted molar refractivity (Wildman–Crippen MR) is 92.6 cm³/mol. The van der Waals surface area contributed by atoms with E-state index < -0.39 is 5.97 Å². The van der Waals surface area contributed by atoms with E-state index in [4.69, 9.17) is 5.11 Å². The Morgan fingerprint density at radius 3 is 2.62 bits per heavy atom. The molecule has 0 unspecified atom stereocenters. The molecule has 0 aromatic rings. The number of carbonyl (C=O) groups excluding carboxylic acids is 2. The number of carbonyl (C=O) groups is 3. The first kappa shape index (κ1) is 18.9. The van der Waals surface area contributed by atoms with E-state index in [1.807, 2.05) is 12.2 Å². The molecular weight excluding hydrogens is 304 g/mol. The summed E-state index contributed by atoms with van der Waals surface area (Å²) in [7, 11) is 0. The maximum Gasteiger partial charge on any atom is 0.303 e. The first-order valence-electron chi connectivity index (χ1n) is 9.46. The molecule has 2 saturated carbocycles. The topological polar surface area (TPSA) is 71.4 Å². The minimum Gasteiger partial charge on any atom is -0.481 e. The van der Waals surface area contributed by atoms with Gasteiger partial charge in [-0.1, -0.05) is 31.9 Å². The molecule has 2 rings (SSSR count). The molecule has 1 N–H and O–H groups in total. The molecule has 0 aromatic heterocycles. The molecule has 0 spiro atoms. The van der Waals surface area contributed by atoms with Gasteiger partial charge in [0.2, 0.25) is 0 Å². The Balaban J connectivity index is 1.88. The Kier molecular flexibility index (Phi) is 7.19. The summed E-state index contributed by atoms with van der Waals surface area (Å²) in [6.07, 6.45) is 11.6. The van der Waals surface area contributed by atoms with E-state index in [9.17, 15) is 14.4 Å². The molecule has 0 aromatic carbocycles. The van der Waals surface area contributed by atoms with Crippen molar-refractivity contribution in [2.45, 2.75) is 71.1 Å². The van der Waals surface area contributed by atoms with Crippen LogP contribution in [-0.4, -0.2) is 22.6 Å². The molecule has 0 heterocycles. The van der Waals surface area contributed by atoms with E-state index in [1.54, 1.807) is 0 Å². The van der Waals surface area contributed by atoms with Crippen molar-refractivity contribution in [3.63, 3.8) is 0 Å². The second-order valence-electron chi connectivity index (χ2n) is 7.35. The van der Waals surface area contributed by atoms with Gasteiger partial charge in [-0.15, -0.1) is 0 Å². The third-order valence-electron chi connectivity index (χ3n) is 5.76. The zero-order valence-corrected chi connectivity index (χ0v) is 14.7. The van der Waals surface area contributed by atoms with Gasteiger partial charge in [0.15, 0.2) is 0 Å². The van der Waals surface area contributed by atoms with Crippen molar-refractivity contribution in [2.75, 3.05) is 0 Å². The van der Waals surface area contributed by atoms with Crippen LogP contribution in [-0.2, 0) is 14.4 Å². The number of carboxylic acids is 1. The van der Waals surface area contributed by atoms with Crippen LogP contribution in [0, 0.1) is 23.7 Å². The van der Waals surface area contributed by atoms with Crippen molar-refractivity contribution in [3.8, 4) is 0 Å². The lowest BCUT2D eigenvalue weighted by atomic mass is 9.69. The van der Waals surface area contributed by atoms with E-state index in [0.717, 1.165) is 38.5 Å². The third kappa shape index (κ3) is 4.78. The van der Waals surface area contributed by atoms with E-state index >= 15 is 0 Å². The molecule has 0 saturated heterocycles. The van der Waals surface area contributed by atoms with Crippen LogP contribution >= 0.6 is 0 Å². The average Bonchev–Trinajstić information content (AvgIpc) is 2.85. The van der Waals surface area contributed by atoms with E-state index in [0.29, 0.717) is 36.7 Å². The zero-order valence-electron chi connectivity index (χ0n) is 14.7. The number of hydrogen-bond acceptors (Lipinski definition) is 3. The minimum absolute atomic E-state index is 0.0722. The molecule has 4 atom stereocenters. The standard InChI is InChI=1S/C20H30O4/c1-2-3-8-16-17-13-19(22)15(14(17)11-12-18(16)21)9-6-4-5-7-10-20(23)24/h4,6,14-17H,2-3,5,7-13H2,1H3,(H,23,24)/b6-4+/t14-,15-,16+,17-/m0/s1. The summed E-state index contributed by atoms with van der Waals surface area (Å²) in [4.78, 5) is 35.2. The highest BCUT2D eigenvalue weighted by Gasteiger charge is 2.48. The number of Topliss-reactive ketones (excluding diaryl/α,β-unsaturated/α-hetero) is 2. The Bertz CT molecular complexity index is 494. The molecule has 2 fully saturated rings. The number of fused-ring (bicyclic) bond motifs is 1. The Morgan fingerprint density at radius 1 is 1.12 bits per heavy atom. The monoisotopic (exact) mass is 334 g/mol. The molecule has 0 radical (unpaired) electrons. The van der Waals surface area contributed by atoms with Crippen LogP contribution in [0.5, 0.6) is 0 Å². The Morgan fingerprint density at radius 2 is 1.92 bits per heavy atom. The highest BCUT2D eigenvalue weighted by molar-refractivity contribution is 5.88. The summed E-state index contributed by atoms with van der Waals surface area (Å²) >= 11 is 0. The largest absolute Gasteiger partial charge is 0.481 e. The van der Waals surface area contributed by atoms with Gasteiger partial charge >= 0.3 is 5.97 Å². The van der Waals surface area contributed by atoms with Crippen molar-refractivity contribution in [1.29, 1.82) is 0 Å². The molecule has 2 aliphatic carbocycles. The predicted octanol–water partition coefficient (Wildman–Crippen LogP) is 4.18. The zero-order chi connectivity index (χ0) is 17.5. The molecule has 0 aliphatic heterocycles. The lowest BCUT2D eigenvalue weighted by Gasteiger charge is -2.34. The number of aliphatic carboxylic acids is 1. The van der Waals surface area contributed by atoms with Crippen LogP contribution in [0.4, 0.5) is 0 Å². The minimum atomic E-state index is -0.762. The summed E-state index contributed by atoms with van der Waals surface area (Å²) < 4.78 is 0. The molecule has 2 aliphatic rings. The average molecular weight is 334 g/mol. The van der Waals surface area contributed by atoms with E-state index in [1.165, 1.54) is 0 Å². The van der Waals surface area contributed by atoms with Gasteiger partial charge in [0, 0.05) is 31.1 Å². The van der Waals surface area contributed by atoms with Gasteiger partial charge in [0.25, 0.3) is 0 Å². The first-order chi connectivity index (χ1) is 11.5. The van der Waals surface area contributed by atoms with E-state index in [-0.39, 0.29) is 24.2 Å². The molecule has 0 bridgehead atoms. The normalized spacial score (nSPS) is 30.0. The molecular formula is C20H30O4. The van der Waals surface area contributed by atoms with Crippen molar-refractivity contribution in [1.82, 2.24) is 0 Å². The summed E-state index contributed by atoms with van der Waals surface area (Å²) in [5, 5.41) is 8.62. The summed E-state index contributed by atoms with van der Waals surface area (Å²) in [5.41, 5.74) is 0. The second-order valence-corrected chi connectivity index (χ2v) is 7.35. The van der Waals surface area contributed by atoms with Crippen LogP contribution in [0.15, 0.2) is 12.2 Å². The van der Waals surface area contributed by atoms with Gasteiger partial charge in [-0.2, -0.15) is 0 Å². The van der Waals surface area contributed by atoms with Crippen LogP contribution in [0.3, 0.4) is 0 Å². The molecule has 134 valence electrons. The molecule has 0 amide bonds. The number of ketones is 2. The van der Waals surface area contributed by atoms with E-state index in [2.05, 4.69) is 6.92 Å². The first-order valence-corrected chi connectivity index (χ1v) is 9.46. The van der Waals surface area contributed by atoms with Crippen molar-refractivity contribution in [3.05, 3.63) is 12.2 Å². The van der Waals surface area contributed by atoms with Gasteiger partial charge < -0.3 is 5.11 Å². The highest BCUT2D eigenvalue weighted by atomic mass is 16.4. The molecule has 4 nitrogen and oxygen atoms in total. The molecule has 24 heavy (non-hydrogen) atoms. The fourth-order valence-corrected chi connectivity index (χ4v) is 4.50. The lowest BCUT2D eigenvalue weighted by Crippen LogP contribution is -2.34. The quantitative estimate of drug-likeness (QED) is 0.507. The maximum atomic E-state index is 12.5. The fraction of sp³-hybridized carbons (Fsp3) is 0.750. The third-order valence-corrected chi connectivity index (χ3v) is 5.76. The lowest BCUT2D eigenvalue weighted by molar-refractivity contribution is -0.137. The van der Waals surface area contributed by atoms with Crippen LogP contribution in [0.2, 0.25) is 0 Å². The van der Waals surface area contributed by atoms with Crippen molar-refractivity contribution >= 4 is 17.5 Å². The Hall–Kier alpha value is -1.45. The maximum absolute atomic E-state index is 12.5. The summed E-state index contributed by atoms with van der Waals surface area (Å²) in [5.74, 6) is 0.775. The fourth-order valence-electron chi connectivity index (χ4n) is 4.50. The van der Waals surface area contributed by atoms with Crippen molar-refractivity contribution in [2.24, 2.45) is 23.7 Å².